The van der Waals surface area contributed by atoms with Gasteiger partial charge in [0.15, 0.2) is 10.9 Å². The Morgan fingerprint density at radius 2 is 2.05 bits per heavy atom. The summed E-state index contributed by atoms with van der Waals surface area (Å²) >= 11 is 4.70. The lowest BCUT2D eigenvalue weighted by atomic mass is 10.1. The Hall–Kier alpha value is -1.40. The molecule has 0 amide bonds. The Labute approximate surface area is 130 Å². The van der Waals surface area contributed by atoms with E-state index in [9.17, 15) is 4.79 Å². The fourth-order valence-corrected chi connectivity index (χ4v) is 2.73. The van der Waals surface area contributed by atoms with E-state index in [4.69, 9.17) is 4.74 Å². The summed E-state index contributed by atoms with van der Waals surface area (Å²) in [6.07, 6.45) is 3.48. The fraction of sp³-hybridized carbons (Fsp3) is 0.214. The summed E-state index contributed by atoms with van der Waals surface area (Å²) in [6, 6.07) is 5.28. The molecule has 0 aliphatic rings. The summed E-state index contributed by atoms with van der Waals surface area (Å²) in [4.78, 5) is 20.4. The highest BCUT2D eigenvalue weighted by atomic mass is 79.9. The zero-order valence-electron chi connectivity index (χ0n) is 11.1. The smallest absolute Gasteiger partial charge is 0.187 e. The molecular formula is C14H13BrN2O2S. The van der Waals surface area contributed by atoms with Gasteiger partial charge >= 0.3 is 0 Å². The summed E-state index contributed by atoms with van der Waals surface area (Å²) < 4.78 is 5.90. The average Bonchev–Trinajstić information content (AvgIpc) is 2.46. The summed E-state index contributed by atoms with van der Waals surface area (Å²) in [7, 11) is 1.59. The van der Waals surface area contributed by atoms with Gasteiger partial charge in [0.1, 0.15) is 5.75 Å². The van der Waals surface area contributed by atoms with E-state index in [1.807, 2.05) is 6.92 Å². The number of carbonyl (C=O) groups excluding carboxylic acids is 1. The van der Waals surface area contributed by atoms with Crippen molar-refractivity contribution in [3.8, 4) is 5.75 Å². The van der Waals surface area contributed by atoms with E-state index in [2.05, 4.69) is 25.9 Å². The largest absolute Gasteiger partial charge is 0.496 e. The number of aromatic nitrogens is 2. The Kier molecular flexibility index (Phi) is 5.14. The van der Waals surface area contributed by atoms with Crippen molar-refractivity contribution in [2.75, 3.05) is 12.9 Å². The van der Waals surface area contributed by atoms with Crippen LogP contribution in [0, 0.1) is 6.92 Å². The first-order valence-corrected chi connectivity index (χ1v) is 7.66. The third kappa shape index (κ3) is 3.80. The maximum absolute atomic E-state index is 12.1. The van der Waals surface area contributed by atoms with E-state index in [-0.39, 0.29) is 5.78 Å². The molecule has 0 saturated carbocycles. The lowest BCUT2D eigenvalue weighted by molar-refractivity contribution is 0.102. The Balaban J connectivity index is 2.01. The molecule has 0 spiro atoms. The van der Waals surface area contributed by atoms with Gasteiger partial charge in [-0.1, -0.05) is 11.8 Å². The minimum Gasteiger partial charge on any atom is -0.496 e. The Morgan fingerprint density at radius 1 is 1.35 bits per heavy atom. The number of ether oxygens (including phenoxy) is 1. The zero-order chi connectivity index (χ0) is 14.5. The van der Waals surface area contributed by atoms with Crippen LogP contribution >= 0.6 is 27.7 Å². The number of carbonyl (C=O) groups is 1. The molecule has 0 aliphatic heterocycles. The number of hydrogen-bond acceptors (Lipinski definition) is 5. The monoisotopic (exact) mass is 352 g/mol. The first kappa shape index (κ1) is 15.0. The molecule has 1 aromatic carbocycles. The lowest BCUT2D eigenvalue weighted by Gasteiger charge is -2.05. The minimum atomic E-state index is 0.0301. The number of methoxy groups -OCH3 is 1. The molecule has 0 aliphatic carbocycles. The van der Waals surface area contributed by atoms with Crippen LogP contribution in [0.2, 0.25) is 0 Å². The van der Waals surface area contributed by atoms with Crippen LogP contribution in [0.1, 0.15) is 15.9 Å². The molecule has 6 heteroatoms. The summed E-state index contributed by atoms with van der Waals surface area (Å²) in [6.45, 7) is 1.93. The van der Waals surface area contributed by atoms with Crippen LogP contribution in [0.4, 0.5) is 0 Å². The molecule has 0 N–H and O–H groups in total. The summed E-state index contributed by atoms with van der Waals surface area (Å²) in [5.74, 6) is 1.04. The predicted octanol–water partition coefficient (Wildman–Crippen LogP) is 3.53. The second-order valence-electron chi connectivity index (χ2n) is 4.10. The van der Waals surface area contributed by atoms with Crippen molar-refractivity contribution < 1.29 is 9.53 Å². The number of ketones is 1. The second kappa shape index (κ2) is 6.85. The van der Waals surface area contributed by atoms with Gasteiger partial charge in [-0.25, -0.2) is 9.97 Å². The number of Topliss-reactive ketones (excluding diaryl/α,β-unsaturated/α-hetero) is 1. The molecule has 0 fully saturated rings. The molecule has 2 aromatic rings. The van der Waals surface area contributed by atoms with Crippen molar-refractivity contribution in [2.24, 2.45) is 0 Å². The van der Waals surface area contributed by atoms with Gasteiger partial charge in [-0.2, -0.15) is 0 Å². The molecule has 0 unspecified atom stereocenters. The van der Waals surface area contributed by atoms with Gasteiger partial charge in [-0.05, 0) is 46.6 Å². The highest BCUT2D eigenvalue weighted by Gasteiger charge is 2.10. The van der Waals surface area contributed by atoms with Crippen molar-refractivity contribution in [1.29, 1.82) is 0 Å². The third-order valence-corrected chi connectivity index (χ3v) is 4.06. The van der Waals surface area contributed by atoms with Gasteiger partial charge in [-0.15, -0.1) is 0 Å². The lowest BCUT2D eigenvalue weighted by Crippen LogP contribution is -2.03. The Bertz CT molecular complexity index is 617. The number of hydrogen-bond donors (Lipinski definition) is 0. The highest BCUT2D eigenvalue weighted by Crippen LogP contribution is 2.26. The van der Waals surface area contributed by atoms with Crippen molar-refractivity contribution in [2.45, 2.75) is 12.1 Å². The third-order valence-electron chi connectivity index (χ3n) is 2.56. The molecule has 104 valence electrons. The number of rotatable bonds is 5. The topological polar surface area (TPSA) is 52.1 Å². The van der Waals surface area contributed by atoms with Gasteiger partial charge < -0.3 is 4.74 Å². The van der Waals surface area contributed by atoms with Gasteiger partial charge in [-0.3, -0.25) is 4.79 Å². The van der Waals surface area contributed by atoms with Crippen LogP contribution in [0.3, 0.4) is 0 Å². The first-order valence-electron chi connectivity index (χ1n) is 5.88. The number of benzene rings is 1. The van der Waals surface area contributed by atoms with Crippen LogP contribution in [0.5, 0.6) is 5.75 Å². The van der Waals surface area contributed by atoms with Gasteiger partial charge in [0.05, 0.1) is 17.3 Å². The number of aryl methyl sites for hydroxylation is 1. The van der Waals surface area contributed by atoms with Gasteiger partial charge in [0, 0.05) is 18.0 Å². The molecule has 20 heavy (non-hydrogen) atoms. The van der Waals surface area contributed by atoms with E-state index < -0.39 is 0 Å². The average molecular weight is 353 g/mol. The van der Waals surface area contributed by atoms with E-state index in [0.717, 1.165) is 10.0 Å². The maximum atomic E-state index is 12.1. The van der Waals surface area contributed by atoms with Crippen molar-refractivity contribution in [3.63, 3.8) is 0 Å². The van der Waals surface area contributed by atoms with Crippen molar-refractivity contribution in [3.05, 3.63) is 46.2 Å². The van der Waals surface area contributed by atoms with Crippen LogP contribution in [0.25, 0.3) is 0 Å². The van der Waals surface area contributed by atoms with Crippen LogP contribution in [0.15, 0.2) is 40.2 Å². The molecule has 0 bridgehead atoms. The normalized spacial score (nSPS) is 10.3. The first-order chi connectivity index (χ1) is 9.60. The predicted molar refractivity (Wildman–Crippen MR) is 82.5 cm³/mol. The van der Waals surface area contributed by atoms with Crippen molar-refractivity contribution in [1.82, 2.24) is 9.97 Å². The number of halogens is 1. The van der Waals surface area contributed by atoms with E-state index in [1.54, 1.807) is 37.7 Å². The summed E-state index contributed by atoms with van der Waals surface area (Å²) in [5.41, 5.74) is 1.64. The molecule has 2 rings (SSSR count). The molecule has 1 heterocycles. The van der Waals surface area contributed by atoms with E-state index in [0.29, 0.717) is 22.2 Å². The van der Waals surface area contributed by atoms with Crippen LogP contribution < -0.4 is 4.74 Å². The quantitative estimate of drug-likeness (QED) is 0.468. The minimum absolute atomic E-state index is 0.0301. The number of nitrogens with zero attached hydrogens (tertiary/aromatic N) is 2. The molecule has 0 saturated heterocycles. The maximum Gasteiger partial charge on any atom is 0.187 e. The Morgan fingerprint density at radius 3 is 2.65 bits per heavy atom. The van der Waals surface area contributed by atoms with Gasteiger partial charge in [0.2, 0.25) is 0 Å². The van der Waals surface area contributed by atoms with Crippen LogP contribution in [-0.2, 0) is 0 Å². The summed E-state index contributed by atoms with van der Waals surface area (Å²) in [5, 5.41) is 0.608. The highest BCUT2D eigenvalue weighted by molar-refractivity contribution is 9.10. The van der Waals surface area contributed by atoms with E-state index in [1.165, 1.54) is 11.8 Å². The second-order valence-corrected chi connectivity index (χ2v) is 5.90. The zero-order valence-corrected chi connectivity index (χ0v) is 13.5. The van der Waals surface area contributed by atoms with Crippen molar-refractivity contribution >= 4 is 33.5 Å². The molecule has 4 nitrogen and oxygen atoms in total. The van der Waals surface area contributed by atoms with Crippen LogP contribution in [-0.4, -0.2) is 28.6 Å². The number of thioether (sulfide) groups is 1. The molecule has 1 aromatic heterocycles. The van der Waals surface area contributed by atoms with E-state index >= 15 is 0 Å². The fourth-order valence-electron chi connectivity index (χ4n) is 1.51. The standard InChI is InChI=1S/C14H13BrN2O2S/c1-9-6-16-14(17-7-9)20-8-12(18)10-3-4-13(19-2)11(15)5-10/h3-7H,8H2,1-2H3. The molecule has 0 atom stereocenters. The SMILES string of the molecule is COc1ccc(C(=O)CSc2ncc(C)cn2)cc1Br. The van der Waals surface area contributed by atoms with Gasteiger partial charge in [0.25, 0.3) is 0 Å². The molecule has 0 radical (unpaired) electrons. The molecular weight excluding hydrogens is 340 g/mol.